The topological polar surface area (TPSA) is 38.3 Å². The molecule has 0 saturated heterocycles. The Morgan fingerprint density at radius 3 is 2.44 bits per heavy atom. The molecule has 5 heteroatoms. The molecule has 0 spiro atoms. The first-order valence-electron chi connectivity index (χ1n) is 11.3. The number of hydrogen-bond donors (Lipinski definition) is 1. The van der Waals surface area contributed by atoms with Crippen molar-refractivity contribution >= 4 is 23.4 Å². The maximum absolute atomic E-state index is 13.7. The molecule has 0 radical (unpaired) electrons. The van der Waals surface area contributed by atoms with Crippen molar-refractivity contribution in [2.75, 3.05) is 5.32 Å². The van der Waals surface area contributed by atoms with Gasteiger partial charge in [-0.2, -0.15) is 0 Å². The van der Waals surface area contributed by atoms with Crippen LogP contribution in [0, 0.1) is 5.82 Å². The minimum absolute atomic E-state index is 0.105. The van der Waals surface area contributed by atoms with Gasteiger partial charge in [0.2, 0.25) is 5.91 Å². The maximum Gasteiger partial charge on any atom is 0.228 e. The third-order valence-electron chi connectivity index (χ3n) is 5.49. The van der Waals surface area contributed by atoms with Gasteiger partial charge in [-0.25, -0.2) is 4.39 Å². The van der Waals surface area contributed by atoms with E-state index in [0.717, 1.165) is 21.9 Å². The number of thioether (sulfide) groups is 1. The van der Waals surface area contributed by atoms with Crippen LogP contribution < -0.4 is 10.1 Å². The Balaban J connectivity index is 1.33. The van der Waals surface area contributed by atoms with E-state index in [4.69, 9.17) is 4.74 Å². The van der Waals surface area contributed by atoms with E-state index in [1.807, 2.05) is 66.4 Å². The Kier molecular flexibility index (Phi) is 6.63. The van der Waals surface area contributed by atoms with E-state index in [0.29, 0.717) is 17.2 Å². The van der Waals surface area contributed by atoms with Gasteiger partial charge in [0.15, 0.2) is 0 Å². The van der Waals surface area contributed by atoms with Crippen molar-refractivity contribution < 1.29 is 13.9 Å². The van der Waals surface area contributed by atoms with E-state index in [2.05, 4.69) is 17.4 Å². The number of halogens is 1. The third-order valence-corrected chi connectivity index (χ3v) is 6.84. The van der Waals surface area contributed by atoms with Gasteiger partial charge in [-0.3, -0.25) is 4.79 Å². The predicted octanol–water partition coefficient (Wildman–Crippen LogP) is 7.72. The Hall–Kier alpha value is -3.57. The van der Waals surface area contributed by atoms with E-state index >= 15 is 0 Å². The molecule has 3 nitrogen and oxygen atoms in total. The SMILES string of the molecule is O=C(Cc1ccc(SC2CC2)cc1)Nc1ccc(-c2ccccc2)c(Oc2cccc(F)c2)c1. The first-order valence-corrected chi connectivity index (χ1v) is 12.2. The highest BCUT2D eigenvalue weighted by atomic mass is 32.2. The second-order valence-electron chi connectivity index (χ2n) is 8.32. The Labute approximate surface area is 203 Å². The molecule has 170 valence electrons. The fourth-order valence-corrected chi connectivity index (χ4v) is 4.70. The molecule has 0 bridgehead atoms. The minimum Gasteiger partial charge on any atom is -0.457 e. The fourth-order valence-electron chi connectivity index (χ4n) is 3.65. The molecule has 0 aliphatic heterocycles. The summed E-state index contributed by atoms with van der Waals surface area (Å²) in [6.45, 7) is 0. The van der Waals surface area contributed by atoms with Crippen LogP contribution in [0.5, 0.6) is 11.5 Å². The molecule has 4 aromatic rings. The number of carbonyl (C=O) groups is 1. The van der Waals surface area contributed by atoms with Gasteiger partial charge in [-0.15, -0.1) is 11.8 Å². The van der Waals surface area contributed by atoms with E-state index in [-0.39, 0.29) is 18.1 Å². The number of anilines is 1. The van der Waals surface area contributed by atoms with Crippen LogP contribution in [0.4, 0.5) is 10.1 Å². The van der Waals surface area contributed by atoms with Crippen LogP contribution in [-0.4, -0.2) is 11.2 Å². The van der Waals surface area contributed by atoms with Crippen molar-refractivity contribution in [3.8, 4) is 22.6 Å². The van der Waals surface area contributed by atoms with E-state index in [1.165, 1.54) is 29.9 Å². The standard InChI is InChI=1S/C29H24FNO2S/c30-22-7-4-8-24(18-22)33-28-19-23(11-16-27(28)21-5-2-1-3-6-21)31-29(32)17-20-9-12-25(13-10-20)34-26-14-15-26/h1-13,16,18-19,26H,14-15,17H2,(H,31,32). The van der Waals surface area contributed by atoms with Crippen molar-refractivity contribution in [3.05, 3.63) is 108 Å². The summed E-state index contributed by atoms with van der Waals surface area (Å²) in [4.78, 5) is 14.0. The number of hydrogen-bond acceptors (Lipinski definition) is 3. The summed E-state index contributed by atoms with van der Waals surface area (Å²) in [5.41, 5.74) is 3.41. The van der Waals surface area contributed by atoms with Crippen molar-refractivity contribution in [2.24, 2.45) is 0 Å². The Morgan fingerprint density at radius 1 is 0.912 bits per heavy atom. The number of carbonyl (C=O) groups excluding carboxylic acids is 1. The molecule has 1 N–H and O–H groups in total. The second-order valence-corrected chi connectivity index (χ2v) is 9.70. The predicted molar refractivity (Wildman–Crippen MR) is 136 cm³/mol. The van der Waals surface area contributed by atoms with Gasteiger partial charge >= 0.3 is 0 Å². The summed E-state index contributed by atoms with van der Waals surface area (Å²) in [6, 6.07) is 29.6. The van der Waals surface area contributed by atoms with E-state index in [9.17, 15) is 9.18 Å². The maximum atomic E-state index is 13.7. The zero-order chi connectivity index (χ0) is 23.3. The summed E-state index contributed by atoms with van der Waals surface area (Å²) in [6.07, 6.45) is 2.88. The zero-order valence-corrected chi connectivity index (χ0v) is 19.4. The van der Waals surface area contributed by atoms with E-state index < -0.39 is 0 Å². The van der Waals surface area contributed by atoms with Crippen LogP contribution in [0.2, 0.25) is 0 Å². The molecular formula is C29H24FNO2S. The lowest BCUT2D eigenvalue weighted by atomic mass is 10.0. The quantitative estimate of drug-likeness (QED) is 0.287. The first kappa shape index (κ1) is 22.2. The van der Waals surface area contributed by atoms with Crippen molar-refractivity contribution in [3.63, 3.8) is 0 Å². The lowest BCUT2D eigenvalue weighted by molar-refractivity contribution is -0.115. The number of ether oxygens (including phenoxy) is 1. The summed E-state index contributed by atoms with van der Waals surface area (Å²) >= 11 is 1.90. The van der Waals surface area contributed by atoms with Crippen LogP contribution in [0.15, 0.2) is 102 Å². The third kappa shape index (κ3) is 5.86. The lowest BCUT2D eigenvalue weighted by Crippen LogP contribution is -2.14. The molecule has 0 aromatic heterocycles. The molecular weight excluding hydrogens is 445 g/mol. The molecule has 1 saturated carbocycles. The van der Waals surface area contributed by atoms with Gasteiger partial charge in [0.25, 0.3) is 0 Å². The lowest BCUT2D eigenvalue weighted by Gasteiger charge is -2.14. The summed E-state index contributed by atoms with van der Waals surface area (Å²) in [5.74, 6) is 0.456. The van der Waals surface area contributed by atoms with Crippen LogP contribution in [-0.2, 0) is 11.2 Å². The van der Waals surface area contributed by atoms with Crippen LogP contribution in [0.1, 0.15) is 18.4 Å². The molecule has 0 atom stereocenters. The molecule has 1 amide bonds. The number of rotatable bonds is 8. The first-order chi connectivity index (χ1) is 16.6. The van der Waals surface area contributed by atoms with Crippen LogP contribution >= 0.6 is 11.8 Å². The molecule has 1 fully saturated rings. The van der Waals surface area contributed by atoms with Crippen molar-refractivity contribution in [2.45, 2.75) is 29.4 Å². The highest BCUT2D eigenvalue weighted by molar-refractivity contribution is 8.00. The Bertz CT molecular complexity index is 1290. The smallest absolute Gasteiger partial charge is 0.228 e. The highest BCUT2D eigenvalue weighted by Crippen LogP contribution is 2.39. The molecule has 4 aromatic carbocycles. The molecule has 1 aliphatic rings. The molecule has 0 heterocycles. The second kappa shape index (κ2) is 10.1. The van der Waals surface area contributed by atoms with Gasteiger partial charge in [-0.05, 0) is 60.4 Å². The fraction of sp³-hybridized carbons (Fsp3) is 0.138. The van der Waals surface area contributed by atoms with Gasteiger partial charge in [-0.1, -0.05) is 48.5 Å². The zero-order valence-electron chi connectivity index (χ0n) is 18.5. The number of benzene rings is 4. The van der Waals surface area contributed by atoms with Crippen molar-refractivity contribution in [1.82, 2.24) is 0 Å². The number of nitrogens with one attached hydrogen (secondary N) is 1. The van der Waals surface area contributed by atoms with Gasteiger partial charge in [0, 0.05) is 33.5 Å². The number of amides is 1. The Morgan fingerprint density at radius 2 is 1.71 bits per heavy atom. The average molecular weight is 470 g/mol. The van der Waals surface area contributed by atoms with Crippen LogP contribution in [0.25, 0.3) is 11.1 Å². The summed E-state index contributed by atoms with van der Waals surface area (Å²) < 4.78 is 19.7. The monoisotopic (exact) mass is 469 g/mol. The van der Waals surface area contributed by atoms with Gasteiger partial charge < -0.3 is 10.1 Å². The van der Waals surface area contributed by atoms with E-state index in [1.54, 1.807) is 18.2 Å². The molecule has 1 aliphatic carbocycles. The van der Waals surface area contributed by atoms with Crippen LogP contribution in [0.3, 0.4) is 0 Å². The summed E-state index contributed by atoms with van der Waals surface area (Å²) in [5, 5.41) is 3.73. The molecule has 5 rings (SSSR count). The largest absolute Gasteiger partial charge is 0.457 e. The molecule has 34 heavy (non-hydrogen) atoms. The molecule has 0 unspecified atom stereocenters. The normalized spacial score (nSPS) is 12.9. The van der Waals surface area contributed by atoms with Crippen molar-refractivity contribution in [1.29, 1.82) is 0 Å². The van der Waals surface area contributed by atoms with Gasteiger partial charge in [0.1, 0.15) is 17.3 Å². The summed E-state index contributed by atoms with van der Waals surface area (Å²) in [7, 11) is 0. The van der Waals surface area contributed by atoms with Gasteiger partial charge in [0.05, 0.1) is 6.42 Å². The minimum atomic E-state index is -0.371. The highest BCUT2D eigenvalue weighted by Gasteiger charge is 2.22. The average Bonchev–Trinajstić information content (AvgIpc) is 3.65.